The fourth-order valence-electron chi connectivity index (χ4n) is 3.20. The van der Waals surface area contributed by atoms with Crippen molar-refractivity contribution in [2.24, 2.45) is 0 Å². The zero-order valence-corrected chi connectivity index (χ0v) is 18.6. The number of rotatable bonds is 9. The van der Waals surface area contributed by atoms with E-state index >= 15 is 0 Å². The molecule has 0 aliphatic heterocycles. The lowest BCUT2D eigenvalue weighted by molar-refractivity contribution is -0.885. The first-order valence-corrected chi connectivity index (χ1v) is 9.90. The Hall–Kier alpha value is -3.06. The summed E-state index contributed by atoms with van der Waals surface area (Å²) in [6, 6.07) is 9.61. The van der Waals surface area contributed by atoms with Crippen molar-refractivity contribution >= 4 is 17.5 Å². The van der Waals surface area contributed by atoms with Gasteiger partial charge in [0.2, 0.25) is 5.91 Å². The van der Waals surface area contributed by atoms with Gasteiger partial charge in [-0.15, -0.1) is 0 Å². The van der Waals surface area contributed by atoms with Crippen molar-refractivity contribution in [1.29, 1.82) is 0 Å². The second-order valence-corrected chi connectivity index (χ2v) is 7.52. The number of ether oxygens (including phenoxy) is 2. The molecule has 1 unspecified atom stereocenters. The van der Waals surface area contributed by atoms with Gasteiger partial charge in [-0.1, -0.05) is 12.1 Å². The third-order valence-corrected chi connectivity index (χ3v) is 5.12. The van der Waals surface area contributed by atoms with Crippen LogP contribution in [0.2, 0.25) is 0 Å². The van der Waals surface area contributed by atoms with Crippen molar-refractivity contribution in [3.63, 3.8) is 0 Å². The molecular formula is C23H32N3O4+. The van der Waals surface area contributed by atoms with E-state index in [2.05, 4.69) is 10.6 Å². The average molecular weight is 415 g/mol. The molecule has 0 radical (unpaired) electrons. The highest BCUT2D eigenvalue weighted by atomic mass is 16.5. The van der Waals surface area contributed by atoms with Gasteiger partial charge in [0.25, 0.3) is 5.91 Å². The van der Waals surface area contributed by atoms with E-state index in [0.717, 1.165) is 32.8 Å². The summed E-state index contributed by atoms with van der Waals surface area (Å²) in [7, 11) is 5.14. The van der Waals surface area contributed by atoms with Crippen LogP contribution in [-0.4, -0.2) is 46.2 Å². The molecule has 3 N–H and O–H groups in total. The van der Waals surface area contributed by atoms with E-state index in [4.69, 9.17) is 9.47 Å². The molecule has 0 bridgehead atoms. The summed E-state index contributed by atoms with van der Waals surface area (Å²) in [4.78, 5) is 25.4. The van der Waals surface area contributed by atoms with E-state index in [1.165, 1.54) is 0 Å². The van der Waals surface area contributed by atoms with Crippen LogP contribution < -0.4 is 25.0 Å². The highest BCUT2D eigenvalue weighted by Gasteiger charge is 2.16. The number of benzene rings is 2. The maximum absolute atomic E-state index is 12.3. The SMILES string of the molecule is COc1cc(C)c(C[NH+](C)CC(=O)NCC(=O)Nc2cccc(C)c2C)cc1OC. The van der Waals surface area contributed by atoms with Gasteiger partial charge in [-0.25, -0.2) is 0 Å². The van der Waals surface area contributed by atoms with Crippen LogP contribution in [0.3, 0.4) is 0 Å². The smallest absolute Gasteiger partial charge is 0.275 e. The van der Waals surface area contributed by atoms with Crippen molar-refractivity contribution < 1.29 is 24.0 Å². The summed E-state index contributed by atoms with van der Waals surface area (Å²) in [5, 5.41) is 5.54. The number of quaternary nitrogens is 1. The number of hydrogen-bond acceptors (Lipinski definition) is 4. The quantitative estimate of drug-likeness (QED) is 0.579. The van der Waals surface area contributed by atoms with Crippen molar-refractivity contribution in [2.75, 3.05) is 39.7 Å². The first-order chi connectivity index (χ1) is 14.2. The first-order valence-electron chi connectivity index (χ1n) is 9.90. The number of carbonyl (C=O) groups excluding carboxylic acids is 2. The number of methoxy groups -OCH3 is 2. The number of likely N-dealkylation sites (N-methyl/N-ethyl adjacent to an activating group) is 1. The Morgan fingerprint density at radius 2 is 1.63 bits per heavy atom. The van der Waals surface area contributed by atoms with Crippen molar-refractivity contribution in [3.8, 4) is 11.5 Å². The van der Waals surface area contributed by atoms with E-state index < -0.39 is 0 Å². The van der Waals surface area contributed by atoms with Crippen LogP contribution in [0.5, 0.6) is 11.5 Å². The number of carbonyl (C=O) groups is 2. The lowest BCUT2D eigenvalue weighted by atomic mass is 10.1. The molecule has 7 heteroatoms. The third-order valence-electron chi connectivity index (χ3n) is 5.12. The summed E-state index contributed by atoms with van der Waals surface area (Å²) >= 11 is 0. The minimum Gasteiger partial charge on any atom is -0.493 e. The first kappa shape index (κ1) is 23.2. The molecular weight excluding hydrogens is 382 g/mol. The molecule has 0 saturated heterocycles. The summed E-state index contributed by atoms with van der Waals surface area (Å²) in [5.41, 5.74) is 5.03. The average Bonchev–Trinajstić information content (AvgIpc) is 2.71. The molecule has 0 fully saturated rings. The zero-order chi connectivity index (χ0) is 22.3. The van der Waals surface area contributed by atoms with Crippen molar-refractivity contribution in [1.82, 2.24) is 5.32 Å². The number of anilines is 1. The Kier molecular flexibility index (Phi) is 8.24. The largest absolute Gasteiger partial charge is 0.493 e. The molecule has 0 aliphatic carbocycles. The second kappa shape index (κ2) is 10.6. The number of aryl methyl sites for hydroxylation is 2. The molecule has 162 valence electrons. The van der Waals surface area contributed by atoms with E-state index in [1.54, 1.807) is 14.2 Å². The molecule has 0 aromatic heterocycles. The fraction of sp³-hybridized carbons (Fsp3) is 0.391. The van der Waals surface area contributed by atoms with Crippen LogP contribution in [0.1, 0.15) is 22.3 Å². The van der Waals surface area contributed by atoms with Gasteiger partial charge < -0.3 is 25.0 Å². The maximum atomic E-state index is 12.3. The van der Waals surface area contributed by atoms with Crippen molar-refractivity contribution in [3.05, 3.63) is 52.6 Å². The van der Waals surface area contributed by atoms with Gasteiger partial charge in [0, 0.05) is 11.3 Å². The second-order valence-electron chi connectivity index (χ2n) is 7.52. The summed E-state index contributed by atoms with van der Waals surface area (Å²) in [6.45, 7) is 6.79. The predicted octanol–water partition coefficient (Wildman–Crippen LogP) is 1.40. The minimum atomic E-state index is -0.245. The molecule has 7 nitrogen and oxygen atoms in total. The van der Waals surface area contributed by atoms with E-state index in [9.17, 15) is 9.59 Å². The van der Waals surface area contributed by atoms with Crippen LogP contribution in [-0.2, 0) is 16.1 Å². The zero-order valence-electron chi connectivity index (χ0n) is 18.6. The molecule has 2 aromatic carbocycles. The lowest BCUT2D eigenvalue weighted by Crippen LogP contribution is -3.09. The van der Waals surface area contributed by atoms with Crippen molar-refractivity contribution in [2.45, 2.75) is 27.3 Å². The predicted molar refractivity (Wildman–Crippen MR) is 117 cm³/mol. The number of amides is 2. The Morgan fingerprint density at radius 3 is 2.30 bits per heavy atom. The van der Waals surface area contributed by atoms with Gasteiger partial charge in [-0.3, -0.25) is 9.59 Å². The van der Waals surface area contributed by atoms with Gasteiger partial charge in [0.1, 0.15) is 6.54 Å². The van der Waals surface area contributed by atoms with Gasteiger partial charge in [-0.05, 0) is 55.7 Å². The highest BCUT2D eigenvalue weighted by Crippen LogP contribution is 2.29. The van der Waals surface area contributed by atoms with Crippen LogP contribution in [0.25, 0.3) is 0 Å². The fourth-order valence-corrected chi connectivity index (χ4v) is 3.20. The maximum Gasteiger partial charge on any atom is 0.275 e. The number of nitrogens with one attached hydrogen (secondary N) is 3. The van der Waals surface area contributed by atoms with Gasteiger partial charge in [-0.2, -0.15) is 0 Å². The minimum absolute atomic E-state index is 0.0606. The highest BCUT2D eigenvalue weighted by molar-refractivity contribution is 5.95. The monoisotopic (exact) mass is 414 g/mol. The molecule has 0 saturated carbocycles. The lowest BCUT2D eigenvalue weighted by Gasteiger charge is -2.17. The Bertz CT molecular complexity index is 912. The van der Waals surface area contributed by atoms with Gasteiger partial charge in [0.15, 0.2) is 18.0 Å². The van der Waals surface area contributed by atoms with Crippen LogP contribution in [0.4, 0.5) is 5.69 Å². The Labute approximate surface area is 178 Å². The topological polar surface area (TPSA) is 81.1 Å². The molecule has 30 heavy (non-hydrogen) atoms. The van der Waals surface area contributed by atoms with Gasteiger partial charge in [0.05, 0.1) is 27.8 Å². The van der Waals surface area contributed by atoms with Gasteiger partial charge >= 0.3 is 0 Å². The Morgan fingerprint density at radius 1 is 0.967 bits per heavy atom. The molecule has 0 aliphatic rings. The normalized spacial score (nSPS) is 11.5. The standard InChI is InChI=1S/C23H31N3O4/c1-15-8-7-9-19(17(15)3)25-22(27)12-24-23(28)14-26(4)13-18-11-21(30-6)20(29-5)10-16(18)2/h7-11H,12-14H2,1-6H3,(H,24,28)(H,25,27)/p+1. The molecule has 0 spiro atoms. The summed E-state index contributed by atoms with van der Waals surface area (Å²) < 4.78 is 10.7. The van der Waals surface area contributed by atoms with Crippen LogP contribution in [0.15, 0.2) is 30.3 Å². The molecule has 2 amide bonds. The summed E-state index contributed by atoms with van der Waals surface area (Å²) in [6.07, 6.45) is 0. The molecule has 2 rings (SSSR count). The van der Waals surface area contributed by atoms with E-state index in [-0.39, 0.29) is 24.9 Å². The summed E-state index contributed by atoms with van der Waals surface area (Å²) in [5.74, 6) is 0.926. The van der Waals surface area contributed by atoms with E-state index in [1.807, 2.05) is 58.2 Å². The van der Waals surface area contributed by atoms with Crippen LogP contribution in [0, 0.1) is 20.8 Å². The third kappa shape index (κ3) is 6.22. The van der Waals surface area contributed by atoms with Crippen LogP contribution >= 0.6 is 0 Å². The molecule has 2 aromatic rings. The number of hydrogen-bond donors (Lipinski definition) is 3. The molecule has 0 heterocycles. The van der Waals surface area contributed by atoms with E-state index in [0.29, 0.717) is 18.0 Å². The Balaban J connectivity index is 1.86. The molecule has 1 atom stereocenters.